The van der Waals surface area contributed by atoms with E-state index in [1.165, 1.54) is 18.0 Å². The van der Waals surface area contributed by atoms with Crippen LogP contribution in [0.3, 0.4) is 0 Å². The van der Waals surface area contributed by atoms with Crippen molar-refractivity contribution in [1.29, 1.82) is 0 Å². The molecule has 170 valence electrons. The minimum absolute atomic E-state index is 0.250. The number of hydrogen-bond acceptors (Lipinski definition) is 10. The molecule has 0 saturated carbocycles. The monoisotopic (exact) mass is 440 g/mol. The lowest BCUT2D eigenvalue weighted by atomic mass is 10.1. The van der Waals surface area contributed by atoms with Crippen LogP contribution in [0.1, 0.15) is 28.0 Å². The molecule has 11 nitrogen and oxygen atoms in total. The molecule has 0 atom stereocenters. The Hall–Kier alpha value is -3.18. The zero-order valence-corrected chi connectivity index (χ0v) is 18.0. The molecule has 11 heteroatoms. The molecule has 0 spiro atoms. The van der Waals surface area contributed by atoms with Gasteiger partial charge in [-0.2, -0.15) is 0 Å². The number of nitrogens with zero attached hydrogens (tertiary/aromatic N) is 6. The van der Waals surface area contributed by atoms with E-state index < -0.39 is 0 Å². The van der Waals surface area contributed by atoms with E-state index in [0.29, 0.717) is 37.7 Å². The van der Waals surface area contributed by atoms with Gasteiger partial charge in [-0.15, -0.1) is 0 Å². The Morgan fingerprint density at radius 1 is 1.06 bits per heavy atom. The number of ether oxygens (including phenoxy) is 1. The summed E-state index contributed by atoms with van der Waals surface area (Å²) in [6, 6.07) is 0. The summed E-state index contributed by atoms with van der Waals surface area (Å²) >= 11 is 0. The molecule has 0 bridgehead atoms. The summed E-state index contributed by atoms with van der Waals surface area (Å²) in [5.41, 5.74) is 2.72. The van der Waals surface area contributed by atoms with Crippen molar-refractivity contribution >= 4 is 24.1 Å². The van der Waals surface area contributed by atoms with Crippen molar-refractivity contribution in [3.05, 3.63) is 35.4 Å². The highest BCUT2D eigenvalue weighted by Gasteiger charge is 2.22. The highest BCUT2D eigenvalue weighted by Crippen LogP contribution is 2.18. The second-order valence-corrected chi connectivity index (χ2v) is 7.64. The highest BCUT2D eigenvalue weighted by molar-refractivity contribution is 5.93. The molecule has 2 aliphatic heterocycles. The first-order valence-corrected chi connectivity index (χ1v) is 10.9. The number of hydrogen-bond donors (Lipinski definition) is 2. The maximum Gasteiger partial charge on any atom is 0.254 e. The third-order valence-corrected chi connectivity index (χ3v) is 5.45. The van der Waals surface area contributed by atoms with Gasteiger partial charge in [0, 0.05) is 82.8 Å². The van der Waals surface area contributed by atoms with E-state index >= 15 is 0 Å². The van der Waals surface area contributed by atoms with Crippen molar-refractivity contribution in [2.75, 3.05) is 62.3 Å². The highest BCUT2D eigenvalue weighted by atomic mass is 16.5. The minimum Gasteiger partial charge on any atom is -0.379 e. The van der Waals surface area contributed by atoms with Gasteiger partial charge in [0.15, 0.2) is 0 Å². The summed E-state index contributed by atoms with van der Waals surface area (Å²) in [6.07, 6.45) is 7.11. The van der Waals surface area contributed by atoms with Gasteiger partial charge < -0.3 is 30.0 Å². The van der Waals surface area contributed by atoms with Gasteiger partial charge in [-0.05, 0) is 0 Å². The van der Waals surface area contributed by atoms with Gasteiger partial charge in [-0.1, -0.05) is 0 Å². The average molecular weight is 441 g/mol. The van der Waals surface area contributed by atoms with Crippen molar-refractivity contribution in [1.82, 2.24) is 30.6 Å². The standard InChI is InChI=1S/C21H28N8O3/c30-9-1-10-32-11-4-23-19(31)17-14-24-20(25-15-17)28-5-7-29(8-6-28)21-26-13-16-12-22-3-2-18(16)27-21/h9,13-15,22H,1-8,10-12H2,(H,23,31). The molecule has 2 aromatic rings. The van der Waals surface area contributed by atoms with E-state index in [0.717, 1.165) is 63.6 Å². The van der Waals surface area contributed by atoms with Crippen LogP contribution in [0.2, 0.25) is 0 Å². The summed E-state index contributed by atoms with van der Waals surface area (Å²) in [4.78, 5) is 44.8. The molecule has 0 radical (unpaired) electrons. The molecular formula is C21H28N8O3. The number of aromatic nitrogens is 4. The Kier molecular flexibility index (Phi) is 7.51. The zero-order valence-electron chi connectivity index (χ0n) is 18.0. The molecule has 2 N–H and O–H groups in total. The van der Waals surface area contributed by atoms with E-state index in [2.05, 4.69) is 35.4 Å². The first-order valence-electron chi connectivity index (χ1n) is 10.9. The fourth-order valence-corrected chi connectivity index (χ4v) is 3.66. The van der Waals surface area contributed by atoms with Gasteiger partial charge in [0.2, 0.25) is 11.9 Å². The number of anilines is 2. The quantitative estimate of drug-likeness (QED) is 0.392. The van der Waals surface area contributed by atoms with Crippen LogP contribution < -0.4 is 20.4 Å². The Morgan fingerprint density at radius 3 is 2.53 bits per heavy atom. The molecular weight excluding hydrogens is 412 g/mol. The molecule has 1 saturated heterocycles. The summed E-state index contributed by atoms with van der Waals surface area (Å²) in [7, 11) is 0. The zero-order chi connectivity index (χ0) is 22.2. The molecule has 1 fully saturated rings. The topological polar surface area (TPSA) is 125 Å². The van der Waals surface area contributed by atoms with Crippen LogP contribution in [-0.2, 0) is 22.5 Å². The molecule has 0 aromatic carbocycles. The van der Waals surface area contributed by atoms with Crippen LogP contribution in [0.5, 0.6) is 0 Å². The predicted octanol–water partition coefficient (Wildman–Crippen LogP) is -0.426. The number of aldehydes is 1. The number of amides is 1. The summed E-state index contributed by atoms with van der Waals surface area (Å²) in [6.45, 7) is 5.95. The predicted molar refractivity (Wildman–Crippen MR) is 118 cm³/mol. The number of piperazine rings is 1. The van der Waals surface area contributed by atoms with Crippen LogP contribution in [0.15, 0.2) is 18.6 Å². The van der Waals surface area contributed by atoms with Crippen LogP contribution in [0, 0.1) is 0 Å². The Morgan fingerprint density at radius 2 is 1.78 bits per heavy atom. The molecule has 0 aliphatic carbocycles. The van der Waals surface area contributed by atoms with Gasteiger partial charge >= 0.3 is 0 Å². The fraction of sp³-hybridized carbons (Fsp3) is 0.524. The number of fused-ring (bicyclic) bond motifs is 1. The van der Waals surface area contributed by atoms with E-state index in [1.54, 1.807) is 0 Å². The van der Waals surface area contributed by atoms with E-state index in [-0.39, 0.29) is 5.91 Å². The molecule has 2 aliphatic rings. The Bertz CT molecular complexity index is 916. The van der Waals surface area contributed by atoms with Gasteiger partial charge in [0.1, 0.15) is 6.29 Å². The Labute approximate surface area is 186 Å². The number of carbonyl (C=O) groups excluding carboxylic acids is 2. The van der Waals surface area contributed by atoms with Crippen molar-refractivity contribution in [3.8, 4) is 0 Å². The second kappa shape index (κ2) is 10.9. The number of rotatable bonds is 9. The van der Waals surface area contributed by atoms with E-state index in [1.807, 2.05) is 6.20 Å². The smallest absolute Gasteiger partial charge is 0.254 e. The average Bonchev–Trinajstić information content (AvgIpc) is 2.86. The molecule has 4 heterocycles. The first kappa shape index (κ1) is 22.0. The van der Waals surface area contributed by atoms with E-state index in [9.17, 15) is 9.59 Å². The maximum atomic E-state index is 12.2. The lowest BCUT2D eigenvalue weighted by molar-refractivity contribution is -0.108. The van der Waals surface area contributed by atoms with Crippen molar-refractivity contribution in [3.63, 3.8) is 0 Å². The summed E-state index contributed by atoms with van der Waals surface area (Å²) in [5.74, 6) is 1.14. The first-order chi connectivity index (χ1) is 15.7. The minimum atomic E-state index is -0.250. The molecule has 4 rings (SSSR count). The van der Waals surface area contributed by atoms with Crippen LogP contribution >= 0.6 is 0 Å². The van der Waals surface area contributed by atoms with Gasteiger partial charge in [0.05, 0.1) is 24.5 Å². The lowest BCUT2D eigenvalue weighted by Crippen LogP contribution is -2.48. The molecule has 1 amide bonds. The molecule has 0 unspecified atom stereocenters. The van der Waals surface area contributed by atoms with Crippen LogP contribution in [0.25, 0.3) is 0 Å². The van der Waals surface area contributed by atoms with Gasteiger partial charge in [-0.3, -0.25) is 4.79 Å². The molecule has 2 aromatic heterocycles. The fourth-order valence-electron chi connectivity index (χ4n) is 3.66. The SMILES string of the molecule is O=CCCOCCNC(=O)c1cnc(N2CCN(c3ncc4c(n3)CCNC4)CC2)nc1. The van der Waals surface area contributed by atoms with Gasteiger partial charge in [0.25, 0.3) is 5.91 Å². The third kappa shape index (κ3) is 5.54. The maximum absolute atomic E-state index is 12.2. The van der Waals surface area contributed by atoms with Crippen LogP contribution in [-0.4, -0.2) is 84.6 Å². The second-order valence-electron chi connectivity index (χ2n) is 7.64. The Balaban J connectivity index is 1.25. The van der Waals surface area contributed by atoms with Crippen LogP contribution in [0.4, 0.5) is 11.9 Å². The van der Waals surface area contributed by atoms with E-state index in [4.69, 9.17) is 9.72 Å². The molecule has 32 heavy (non-hydrogen) atoms. The van der Waals surface area contributed by atoms with Crippen molar-refractivity contribution in [2.24, 2.45) is 0 Å². The summed E-state index contributed by atoms with van der Waals surface area (Å²) in [5, 5.41) is 6.09. The summed E-state index contributed by atoms with van der Waals surface area (Å²) < 4.78 is 5.23. The normalized spacial score (nSPS) is 15.9. The number of nitrogens with one attached hydrogen (secondary N) is 2. The van der Waals surface area contributed by atoms with Gasteiger partial charge in [-0.25, -0.2) is 19.9 Å². The largest absolute Gasteiger partial charge is 0.379 e. The van der Waals surface area contributed by atoms with Crippen molar-refractivity contribution < 1.29 is 14.3 Å². The lowest BCUT2D eigenvalue weighted by Gasteiger charge is -2.35. The van der Waals surface area contributed by atoms with Crippen molar-refractivity contribution in [2.45, 2.75) is 19.4 Å². The number of carbonyl (C=O) groups is 2. The third-order valence-electron chi connectivity index (χ3n) is 5.45.